The summed E-state index contributed by atoms with van der Waals surface area (Å²) in [5, 5.41) is 0. The highest BCUT2D eigenvalue weighted by atomic mass is 16.5. The normalized spacial score (nSPS) is 46.7. The second-order valence-electron chi connectivity index (χ2n) is 4.91. The van der Waals surface area contributed by atoms with Crippen LogP contribution >= 0.6 is 0 Å². The van der Waals surface area contributed by atoms with Crippen molar-refractivity contribution in [3.63, 3.8) is 0 Å². The second-order valence-corrected chi connectivity index (χ2v) is 4.91. The molecule has 1 heterocycles. The molecule has 2 bridgehead atoms. The summed E-state index contributed by atoms with van der Waals surface area (Å²) in [4.78, 5) is 11.0. The minimum atomic E-state index is -0.238. The number of carbonyl (C=O) groups excluding carboxylic acids is 1. The summed E-state index contributed by atoms with van der Waals surface area (Å²) in [6.45, 7) is 0.215. The van der Waals surface area contributed by atoms with Gasteiger partial charge in [0.2, 0.25) is 0 Å². The number of carbonyl (C=O) groups is 1. The van der Waals surface area contributed by atoms with Crippen LogP contribution in [0.2, 0.25) is 0 Å². The van der Waals surface area contributed by atoms with E-state index in [0.29, 0.717) is 0 Å². The Balaban J connectivity index is 1.74. The van der Waals surface area contributed by atoms with Crippen molar-refractivity contribution in [2.75, 3.05) is 6.61 Å². The van der Waals surface area contributed by atoms with Gasteiger partial charge in [-0.15, -0.1) is 0 Å². The van der Waals surface area contributed by atoms with E-state index in [-0.39, 0.29) is 18.2 Å². The number of hydrazine groups is 1. The highest BCUT2D eigenvalue weighted by molar-refractivity contribution is 5.77. The summed E-state index contributed by atoms with van der Waals surface area (Å²) in [6, 6.07) is 0. The van der Waals surface area contributed by atoms with Crippen molar-refractivity contribution in [2.45, 2.75) is 37.8 Å². The Bertz CT molecular complexity index is 243. The lowest BCUT2D eigenvalue weighted by molar-refractivity contribution is -0.168. The first-order valence-corrected chi connectivity index (χ1v) is 5.46. The first kappa shape index (κ1) is 8.68. The number of fused-ring (bicyclic) bond motifs is 2. The number of rotatable bonds is 0. The summed E-state index contributed by atoms with van der Waals surface area (Å²) in [6.07, 6.45) is 6.16. The maximum absolute atomic E-state index is 11.0. The lowest BCUT2D eigenvalue weighted by Gasteiger charge is -2.43. The molecular weight excluding hydrogens is 180 g/mol. The van der Waals surface area contributed by atoms with Crippen LogP contribution in [-0.2, 0) is 9.53 Å². The largest absolute Gasteiger partial charge is 0.349 e. The van der Waals surface area contributed by atoms with E-state index in [9.17, 15) is 4.79 Å². The summed E-state index contributed by atoms with van der Waals surface area (Å²) in [5.41, 5.74) is 5.52. The van der Waals surface area contributed by atoms with Crippen molar-refractivity contribution < 1.29 is 9.53 Å². The van der Waals surface area contributed by atoms with Crippen molar-refractivity contribution in [1.29, 1.82) is 0 Å². The number of hydrogen-bond acceptors (Lipinski definition) is 3. The van der Waals surface area contributed by atoms with E-state index in [1.165, 1.54) is 19.3 Å². The van der Waals surface area contributed by atoms with Gasteiger partial charge in [-0.3, -0.25) is 10.2 Å². The van der Waals surface area contributed by atoms with Gasteiger partial charge in [0.05, 0.1) is 0 Å². The third-order valence-corrected chi connectivity index (χ3v) is 3.80. The van der Waals surface area contributed by atoms with Gasteiger partial charge in [0, 0.05) is 0 Å². The molecule has 2 aliphatic carbocycles. The topological polar surface area (TPSA) is 50.4 Å². The van der Waals surface area contributed by atoms with Gasteiger partial charge in [-0.2, -0.15) is 0 Å². The molecule has 2 atom stereocenters. The average Bonchev–Trinajstić information content (AvgIpc) is 2.52. The fourth-order valence-corrected chi connectivity index (χ4v) is 3.24. The molecule has 3 fully saturated rings. The van der Waals surface area contributed by atoms with E-state index in [0.717, 1.165) is 24.7 Å². The molecule has 1 aliphatic heterocycles. The van der Waals surface area contributed by atoms with Crippen LogP contribution in [-0.4, -0.2) is 18.2 Å². The molecule has 1 spiro atoms. The van der Waals surface area contributed by atoms with Crippen molar-refractivity contribution in [3.05, 3.63) is 0 Å². The quantitative estimate of drug-likeness (QED) is 0.594. The zero-order chi connectivity index (χ0) is 9.60. The number of amides is 1. The van der Waals surface area contributed by atoms with Crippen molar-refractivity contribution >= 4 is 5.91 Å². The van der Waals surface area contributed by atoms with Crippen molar-refractivity contribution in [2.24, 2.45) is 11.8 Å². The van der Waals surface area contributed by atoms with Crippen molar-refractivity contribution in [3.8, 4) is 0 Å². The van der Waals surface area contributed by atoms with E-state index in [2.05, 4.69) is 10.9 Å². The Hall–Kier alpha value is -0.610. The van der Waals surface area contributed by atoms with E-state index in [1.807, 2.05) is 0 Å². The standard InChI is InChI=1S/C10H16N2O2/c13-9-6-14-10(12-11-9)4-7-1-2-8(3-7)5-10/h7-8,12H,1-6H2,(H,11,13). The molecule has 78 valence electrons. The summed E-state index contributed by atoms with van der Waals surface area (Å²) < 4.78 is 5.68. The second kappa shape index (κ2) is 2.94. The minimum Gasteiger partial charge on any atom is -0.349 e. The predicted molar refractivity (Wildman–Crippen MR) is 50.0 cm³/mol. The van der Waals surface area contributed by atoms with Crippen LogP contribution < -0.4 is 10.9 Å². The predicted octanol–water partition coefficient (Wildman–Crippen LogP) is 0.544. The molecule has 2 N–H and O–H groups in total. The first-order chi connectivity index (χ1) is 6.76. The highest BCUT2D eigenvalue weighted by Crippen LogP contribution is 2.46. The molecule has 2 unspecified atom stereocenters. The molecule has 1 saturated heterocycles. The summed E-state index contributed by atoms with van der Waals surface area (Å²) in [5.74, 6) is 1.54. The summed E-state index contributed by atoms with van der Waals surface area (Å²) >= 11 is 0. The Labute approximate surface area is 83.4 Å². The van der Waals surface area contributed by atoms with E-state index < -0.39 is 0 Å². The van der Waals surface area contributed by atoms with Crippen LogP contribution in [0.25, 0.3) is 0 Å². The monoisotopic (exact) mass is 196 g/mol. The van der Waals surface area contributed by atoms with Crippen LogP contribution in [0, 0.1) is 11.8 Å². The molecule has 3 aliphatic rings. The third kappa shape index (κ3) is 1.33. The van der Waals surface area contributed by atoms with Gasteiger partial charge >= 0.3 is 0 Å². The molecule has 0 aromatic rings. The van der Waals surface area contributed by atoms with Crippen LogP contribution in [0.5, 0.6) is 0 Å². The fraction of sp³-hybridized carbons (Fsp3) is 0.900. The molecule has 0 radical (unpaired) electrons. The zero-order valence-corrected chi connectivity index (χ0v) is 8.21. The highest BCUT2D eigenvalue weighted by Gasteiger charge is 2.46. The van der Waals surface area contributed by atoms with Crippen LogP contribution in [0.3, 0.4) is 0 Å². The smallest absolute Gasteiger partial charge is 0.260 e. The van der Waals surface area contributed by atoms with Crippen molar-refractivity contribution in [1.82, 2.24) is 10.9 Å². The van der Waals surface area contributed by atoms with E-state index in [1.54, 1.807) is 0 Å². The maximum atomic E-state index is 11.0. The SMILES string of the molecule is O=C1COC2(CC3CCC(C3)C2)NN1. The van der Waals surface area contributed by atoms with Gasteiger partial charge < -0.3 is 4.74 Å². The van der Waals surface area contributed by atoms with Crippen LogP contribution in [0.1, 0.15) is 32.1 Å². The lowest BCUT2D eigenvalue weighted by Crippen LogP contribution is -2.63. The number of hydrogen-bond donors (Lipinski definition) is 2. The molecule has 2 saturated carbocycles. The minimum absolute atomic E-state index is 0.0615. The Morgan fingerprint density at radius 3 is 2.57 bits per heavy atom. The molecule has 4 heteroatoms. The van der Waals surface area contributed by atoms with Crippen LogP contribution in [0.4, 0.5) is 0 Å². The number of nitrogens with one attached hydrogen (secondary N) is 2. The van der Waals surface area contributed by atoms with Gasteiger partial charge in [0.25, 0.3) is 5.91 Å². The first-order valence-electron chi connectivity index (χ1n) is 5.46. The van der Waals surface area contributed by atoms with Gasteiger partial charge in [-0.25, -0.2) is 5.43 Å². The van der Waals surface area contributed by atoms with Gasteiger partial charge in [0.15, 0.2) is 0 Å². The Morgan fingerprint density at radius 1 is 1.29 bits per heavy atom. The number of ether oxygens (including phenoxy) is 1. The maximum Gasteiger partial charge on any atom is 0.260 e. The average molecular weight is 196 g/mol. The lowest BCUT2D eigenvalue weighted by atomic mass is 9.82. The fourth-order valence-electron chi connectivity index (χ4n) is 3.24. The molecule has 3 rings (SSSR count). The van der Waals surface area contributed by atoms with Gasteiger partial charge in [-0.05, 0) is 31.1 Å². The molecule has 0 aromatic heterocycles. The molecule has 14 heavy (non-hydrogen) atoms. The Morgan fingerprint density at radius 2 is 2.00 bits per heavy atom. The molecule has 0 aromatic carbocycles. The Kier molecular flexibility index (Phi) is 1.82. The third-order valence-electron chi connectivity index (χ3n) is 3.80. The molecule has 1 amide bonds. The zero-order valence-electron chi connectivity index (χ0n) is 8.21. The summed E-state index contributed by atoms with van der Waals surface area (Å²) in [7, 11) is 0. The van der Waals surface area contributed by atoms with Gasteiger partial charge in [-0.1, -0.05) is 12.8 Å². The van der Waals surface area contributed by atoms with E-state index in [4.69, 9.17) is 4.74 Å². The van der Waals surface area contributed by atoms with E-state index >= 15 is 0 Å². The van der Waals surface area contributed by atoms with Gasteiger partial charge in [0.1, 0.15) is 12.3 Å². The van der Waals surface area contributed by atoms with Crippen LogP contribution in [0.15, 0.2) is 0 Å². The molecule has 4 nitrogen and oxygen atoms in total. The molecular formula is C10H16N2O2.